The fraction of sp³-hybridized carbons (Fsp3) is 0.316. The van der Waals surface area contributed by atoms with Gasteiger partial charge >= 0.3 is 0 Å². The summed E-state index contributed by atoms with van der Waals surface area (Å²) in [6, 6.07) is 14.6. The number of nitrogens with one attached hydrogen (secondary N) is 1. The van der Waals surface area contributed by atoms with Gasteiger partial charge in [-0.3, -0.25) is 9.80 Å². The summed E-state index contributed by atoms with van der Waals surface area (Å²) >= 11 is 0. The summed E-state index contributed by atoms with van der Waals surface area (Å²) in [5.41, 5.74) is 6.13. The van der Waals surface area contributed by atoms with Crippen molar-refractivity contribution in [3.05, 3.63) is 58.5 Å². The van der Waals surface area contributed by atoms with E-state index < -0.39 is 0 Å². The maximum absolute atomic E-state index is 11.0. The number of hydrogen-bond acceptors (Lipinski definition) is 3. The van der Waals surface area contributed by atoms with Gasteiger partial charge in [-0.15, -0.1) is 4.91 Å². The van der Waals surface area contributed by atoms with Crippen LogP contribution < -0.4 is 5.32 Å². The Balaban J connectivity index is 0.000000256. The van der Waals surface area contributed by atoms with E-state index in [0.29, 0.717) is 13.1 Å². The Hall–Kier alpha value is -2.69. The largest absolute Gasteiger partial charge is 0.326 e. The number of rotatable bonds is 4. The van der Waals surface area contributed by atoms with Gasteiger partial charge < -0.3 is 5.32 Å². The van der Waals surface area contributed by atoms with Crippen LogP contribution in [0.5, 0.6) is 0 Å². The molecule has 0 atom stereocenters. The SMILES string of the molecule is CC(=O)Nc1ccc2c(c1)Cc1ccccc1-2.CCN(CC)N=O. The Morgan fingerprint density at radius 3 is 2.33 bits per heavy atom. The highest BCUT2D eigenvalue weighted by atomic mass is 16.3. The molecule has 2 aromatic rings. The molecule has 0 saturated heterocycles. The number of benzene rings is 2. The van der Waals surface area contributed by atoms with Gasteiger partial charge in [-0.1, -0.05) is 30.3 Å². The van der Waals surface area contributed by atoms with Gasteiger partial charge in [0.15, 0.2) is 0 Å². The van der Waals surface area contributed by atoms with Crippen LogP contribution in [0.3, 0.4) is 0 Å². The summed E-state index contributed by atoms with van der Waals surface area (Å²) in [6.07, 6.45) is 0.957. The normalized spacial score (nSPS) is 10.8. The van der Waals surface area contributed by atoms with Gasteiger partial charge in [0.2, 0.25) is 5.91 Å². The summed E-state index contributed by atoms with van der Waals surface area (Å²) in [5, 5.41) is 6.98. The molecule has 126 valence electrons. The smallest absolute Gasteiger partial charge is 0.221 e. The fourth-order valence-corrected chi connectivity index (χ4v) is 2.77. The zero-order valence-electron chi connectivity index (χ0n) is 14.4. The Morgan fingerprint density at radius 1 is 1.08 bits per heavy atom. The van der Waals surface area contributed by atoms with Crippen molar-refractivity contribution in [1.29, 1.82) is 0 Å². The third-order valence-corrected chi connectivity index (χ3v) is 3.96. The lowest BCUT2D eigenvalue weighted by Crippen LogP contribution is -2.14. The Kier molecular flexibility index (Phi) is 6.07. The monoisotopic (exact) mass is 325 g/mol. The van der Waals surface area contributed by atoms with Crippen LogP contribution in [0.15, 0.2) is 47.8 Å². The number of nitroso groups, excluding NO2 is 1. The lowest BCUT2D eigenvalue weighted by molar-refractivity contribution is -0.114. The number of carbonyl (C=O) groups is 1. The molecule has 1 amide bonds. The molecule has 24 heavy (non-hydrogen) atoms. The van der Waals surface area contributed by atoms with Crippen LogP contribution in [0.25, 0.3) is 11.1 Å². The van der Waals surface area contributed by atoms with Gasteiger partial charge in [-0.2, -0.15) is 0 Å². The minimum absolute atomic E-state index is 0.0274. The van der Waals surface area contributed by atoms with Gasteiger partial charge in [0.25, 0.3) is 0 Å². The van der Waals surface area contributed by atoms with Crippen LogP contribution in [-0.4, -0.2) is 24.0 Å². The van der Waals surface area contributed by atoms with Gasteiger partial charge in [0, 0.05) is 25.7 Å². The molecule has 2 aromatic carbocycles. The molecule has 1 aliphatic carbocycles. The number of fused-ring (bicyclic) bond motifs is 3. The molecule has 0 heterocycles. The van der Waals surface area contributed by atoms with Crippen LogP contribution in [0.2, 0.25) is 0 Å². The van der Waals surface area contributed by atoms with E-state index in [0.717, 1.165) is 12.1 Å². The van der Waals surface area contributed by atoms with Crippen molar-refractivity contribution < 1.29 is 4.79 Å². The van der Waals surface area contributed by atoms with Gasteiger partial charge in [0.05, 0.1) is 5.29 Å². The van der Waals surface area contributed by atoms with E-state index in [1.165, 1.54) is 34.2 Å². The van der Waals surface area contributed by atoms with Gasteiger partial charge in [-0.05, 0) is 54.7 Å². The molecule has 0 aliphatic heterocycles. The molecule has 0 aromatic heterocycles. The maximum atomic E-state index is 11.0. The zero-order valence-corrected chi connectivity index (χ0v) is 14.4. The van der Waals surface area contributed by atoms with Gasteiger partial charge in [-0.25, -0.2) is 0 Å². The molecule has 0 saturated carbocycles. The van der Waals surface area contributed by atoms with Crippen molar-refractivity contribution >= 4 is 11.6 Å². The van der Waals surface area contributed by atoms with Crippen molar-refractivity contribution in [3.63, 3.8) is 0 Å². The van der Waals surface area contributed by atoms with Crippen LogP contribution in [0.4, 0.5) is 5.69 Å². The number of carbonyl (C=O) groups excluding carboxylic acids is 1. The van der Waals surface area contributed by atoms with E-state index >= 15 is 0 Å². The van der Waals surface area contributed by atoms with E-state index in [4.69, 9.17) is 0 Å². The second-order valence-corrected chi connectivity index (χ2v) is 5.61. The van der Waals surface area contributed by atoms with Crippen molar-refractivity contribution in [2.75, 3.05) is 18.4 Å². The average molecular weight is 325 g/mol. The molecule has 0 spiro atoms. The number of nitrogens with zero attached hydrogens (tertiary/aromatic N) is 2. The molecule has 3 rings (SSSR count). The highest BCUT2D eigenvalue weighted by molar-refractivity contribution is 5.90. The summed E-state index contributed by atoms with van der Waals surface area (Å²) in [6.45, 7) is 6.73. The van der Waals surface area contributed by atoms with Crippen molar-refractivity contribution in [2.24, 2.45) is 5.29 Å². The third-order valence-electron chi connectivity index (χ3n) is 3.96. The van der Waals surface area contributed by atoms with E-state index in [1.54, 1.807) is 0 Å². The van der Waals surface area contributed by atoms with Crippen LogP contribution >= 0.6 is 0 Å². The van der Waals surface area contributed by atoms with E-state index in [2.05, 4.69) is 47.0 Å². The predicted octanol–water partition coefficient (Wildman–Crippen LogP) is 4.23. The molecular weight excluding hydrogens is 302 g/mol. The topological polar surface area (TPSA) is 61.8 Å². The minimum atomic E-state index is -0.0274. The standard InChI is InChI=1S/C15H13NO.C4H10N2O/c1-10(17)16-13-6-7-15-12(9-13)8-11-4-2-3-5-14(11)15;1-3-6(4-2)5-7/h2-7,9H,8H2,1H3,(H,16,17);3-4H2,1-2H3. The highest BCUT2D eigenvalue weighted by Crippen LogP contribution is 2.37. The molecule has 0 fully saturated rings. The predicted molar refractivity (Wildman–Crippen MR) is 97.7 cm³/mol. The first-order chi connectivity index (χ1) is 11.6. The molecule has 0 bridgehead atoms. The third kappa shape index (κ3) is 4.19. The minimum Gasteiger partial charge on any atom is -0.326 e. The molecule has 0 unspecified atom stereocenters. The first-order valence-electron chi connectivity index (χ1n) is 8.16. The quantitative estimate of drug-likeness (QED) is 0.577. The van der Waals surface area contributed by atoms with E-state index in [-0.39, 0.29) is 5.91 Å². The van der Waals surface area contributed by atoms with Crippen LogP contribution in [0.1, 0.15) is 31.9 Å². The number of amides is 1. The van der Waals surface area contributed by atoms with Gasteiger partial charge in [0.1, 0.15) is 0 Å². The first-order valence-corrected chi connectivity index (χ1v) is 8.16. The molecule has 5 heteroatoms. The lowest BCUT2D eigenvalue weighted by Gasteiger charge is -2.06. The molecule has 0 radical (unpaired) electrons. The maximum Gasteiger partial charge on any atom is 0.221 e. The number of anilines is 1. The second kappa shape index (κ2) is 8.24. The lowest BCUT2D eigenvalue weighted by atomic mass is 10.1. The molecule has 1 aliphatic rings. The van der Waals surface area contributed by atoms with E-state index in [1.807, 2.05) is 19.9 Å². The zero-order chi connectivity index (χ0) is 17.5. The summed E-state index contributed by atoms with van der Waals surface area (Å²) < 4.78 is 0. The van der Waals surface area contributed by atoms with Crippen molar-refractivity contribution in [3.8, 4) is 11.1 Å². The second-order valence-electron chi connectivity index (χ2n) is 5.61. The average Bonchev–Trinajstić information content (AvgIpc) is 2.94. The van der Waals surface area contributed by atoms with Crippen LogP contribution in [0, 0.1) is 4.91 Å². The summed E-state index contributed by atoms with van der Waals surface area (Å²) in [4.78, 5) is 20.7. The number of hydrogen-bond donors (Lipinski definition) is 1. The molecule has 5 nitrogen and oxygen atoms in total. The summed E-state index contributed by atoms with van der Waals surface area (Å²) in [7, 11) is 0. The Morgan fingerprint density at radius 2 is 1.75 bits per heavy atom. The Labute approximate surface area is 142 Å². The van der Waals surface area contributed by atoms with Crippen molar-refractivity contribution in [1.82, 2.24) is 5.01 Å². The summed E-state index contributed by atoms with van der Waals surface area (Å²) in [5.74, 6) is -0.0274. The fourth-order valence-electron chi connectivity index (χ4n) is 2.77. The highest BCUT2D eigenvalue weighted by Gasteiger charge is 2.17. The molecular formula is C19H23N3O2. The van der Waals surface area contributed by atoms with Crippen molar-refractivity contribution in [2.45, 2.75) is 27.2 Å². The Bertz CT molecular complexity index is 724. The van der Waals surface area contributed by atoms with E-state index in [9.17, 15) is 9.70 Å². The first kappa shape index (κ1) is 17.7. The van der Waals surface area contributed by atoms with Crippen LogP contribution in [-0.2, 0) is 11.2 Å². The molecule has 1 N–H and O–H groups in total.